The second kappa shape index (κ2) is 9.91. The molecular formula is C24H20ClN3O3. The summed E-state index contributed by atoms with van der Waals surface area (Å²) in [5, 5.41) is 11.8. The zero-order chi connectivity index (χ0) is 21.5. The minimum atomic E-state index is -0.209. The van der Waals surface area contributed by atoms with E-state index in [0.717, 1.165) is 11.1 Å². The van der Waals surface area contributed by atoms with Crippen LogP contribution in [0.4, 0.5) is 0 Å². The lowest BCUT2D eigenvalue weighted by Crippen LogP contribution is -2.30. The van der Waals surface area contributed by atoms with Crippen molar-refractivity contribution in [1.29, 1.82) is 0 Å². The van der Waals surface area contributed by atoms with E-state index in [1.54, 1.807) is 6.07 Å². The number of benzene rings is 3. The molecule has 1 N–H and O–H groups in total. The summed E-state index contributed by atoms with van der Waals surface area (Å²) in [6.45, 7) is 0.396. The molecule has 0 radical (unpaired) electrons. The van der Waals surface area contributed by atoms with Gasteiger partial charge in [0.25, 0.3) is 11.8 Å². The number of carbonyl (C=O) groups excluding carboxylic acids is 1. The molecule has 0 aliphatic carbocycles. The van der Waals surface area contributed by atoms with Crippen molar-refractivity contribution >= 4 is 17.5 Å². The summed E-state index contributed by atoms with van der Waals surface area (Å²) in [4.78, 5) is 12.2. The molecule has 0 bridgehead atoms. The number of hydrogen-bond acceptors (Lipinski definition) is 5. The van der Waals surface area contributed by atoms with Crippen molar-refractivity contribution in [1.82, 2.24) is 15.5 Å². The first-order valence-electron chi connectivity index (χ1n) is 9.81. The Morgan fingerprint density at radius 1 is 0.903 bits per heavy atom. The zero-order valence-corrected chi connectivity index (χ0v) is 17.4. The van der Waals surface area contributed by atoms with Crippen molar-refractivity contribution in [3.8, 4) is 28.7 Å². The first-order valence-corrected chi connectivity index (χ1v) is 10.2. The predicted molar refractivity (Wildman–Crippen MR) is 119 cm³/mol. The van der Waals surface area contributed by atoms with Crippen LogP contribution in [0.25, 0.3) is 22.9 Å². The summed E-state index contributed by atoms with van der Waals surface area (Å²) in [5.41, 5.74) is 2.56. The Morgan fingerprint density at radius 3 is 2.42 bits per heavy atom. The molecule has 1 amide bonds. The third kappa shape index (κ3) is 5.49. The summed E-state index contributed by atoms with van der Waals surface area (Å²) in [7, 11) is 0. The van der Waals surface area contributed by atoms with Gasteiger partial charge in [0.2, 0.25) is 5.89 Å². The third-order valence-corrected chi connectivity index (χ3v) is 4.82. The average molecular weight is 434 g/mol. The van der Waals surface area contributed by atoms with Crippen molar-refractivity contribution in [2.24, 2.45) is 0 Å². The summed E-state index contributed by atoms with van der Waals surface area (Å²) >= 11 is 5.88. The summed E-state index contributed by atoms with van der Waals surface area (Å²) in [6.07, 6.45) is 0.712. The van der Waals surface area contributed by atoms with Gasteiger partial charge >= 0.3 is 0 Å². The van der Waals surface area contributed by atoms with Crippen LogP contribution in [0.1, 0.15) is 5.56 Å². The largest absolute Gasteiger partial charge is 0.483 e. The van der Waals surface area contributed by atoms with E-state index >= 15 is 0 Å². The van der Waals surface area contributed by atoms with Gasteiger partial charge in [-0.05, 0) is 48.4 Å². The number of nitrogens with one attached hydrogen (secondary N) is 1. The van der Waals surface area contributed by atoms with Crippen LogP contribution >= 0.6 is 11.6 Å². The van der Waals surface area contributed by atoms with Gasteiger partial charge in [-0.25, -0.2) is 0 Å². The highest BCUT2D eigenvalue weighted by molar-refractivity contribution is 6.30. The third-order valence-electron chi connectivity index (χ3n) is 4.57. The molecule has 0 saturated carbocycles. The van der Waals surface area contributed by atoms with Crippen LogP contribution in [0.2, 0.25) is 5.02 Å². The molecule has 0 aliphatic heterocycles. The standard InChI is InChI=1S/C24H20ClN3O3/c25-19-12-10-17(11-13-19)14-15-26-22(29)16-30-21-9-5-4-8-20(21)24-28-27-23(31-24)18-6-2-1-3-7-18/h1-13H,14-16H2,(H,26,29). The molecule has 0 atom stereocenters. The molecule has 0 saturated heterocycles. The number of para-hydroxylation sites is 1. The molecule has 4 rings (SSSR count). The Labute approximate surface area is 184 Å². The van der Waals surface area contributed by atoms with Crippen LogP contribution in [-0.4, -0.2) is 29.3 Å². The minimum absolute atomic E-state index is 0.114. The number of amides is 1. The van der Waals surface area contributed by atoms with E-state index in [9.17, 15) is 4.79 Å². The molecule has 0 spiro atoms. The van der Waals surface area contributed by atoms with E-state index < -0.39 is 0 Å². The van der Waals surface area contributed by atoms with Gasteiger partial charge < -0.3 is 14.5 Å². The highest BCUT2D eigenvalue weighted by Gasteiger charge is 2.15. The number of nitrogens with zero attached hydrogens (tertiary/aromatic N) is 2. The van der Waals surface area contributed by atoms with Crippen LogP contribution in [0.3, 0.4) is 0 Å². The van der Waals surface area contributed by atoms with Gasteiger partial charge in [-0.15, -0.1) is 10.2 Å². The zero-order valence-electron chi connectivity index (χ0n) is 16.6. The molecule has 3 aromatic carbocycles. The first-order chi connectivity index (χ1) is 15.2. The van der Waals surface area contributed by atoms with Crippen LogP contribution < -0.4 is 10.1 Å². The van der Waals surface area contributed by atoms with E-state index in [-0.39, 0.29) is 12.5 Å². The van der Waals surface area contributed by atoms with Gasteiger partial charge in [-0.2, -0.15) is 0 Å². The second-order valence-electron chi connectivity index (χ2n) is 6.79. The Bertz CT molecular complexity index is 1140. The van der Waals surface area contributed by atoms with Crippen LogP contribution in [0.5, 0.6) is 5.75 Å². The van der Waals surface area contributed by atoms with Crippen molar-refractivity contribution in [2.45, 2.75) is 6.42 Å². The highest BCUT2D eigenvalue weighted by Crippen LogP contribution is 2.30. The molecule has 4 aromatic rings. The number of halogens is 1. The van der Waals surface area contributed by atoms with Gasteiger partial charge in [0.1, 0.15) is 5.75 Å². The quantitative estimate of drug-likeness (QED) is 0.432. The number of carbonyl (C=O) groups is 1. The normalized spacial score (nSPS) is 10.6. The Kier molecular flexibility index (Phi) is 6.59. The van der Waals surface area contributed by atoms with Gasteiger partial charge in [0.05, 0.1) is 5.56 Å². The molecule has 6 nitrogen and oxygen atoms in total. The van der Waals surface area contributed by atoms with Crippen LogP contribution in [0, 0.1) is 0 Å². The molecule has 1 aromatic heterocycles. The molecule has 7 heteroatoms. The summed E-state index contributed by atoms with van der Waals surface area (Å²) in [5.74, 6) is 1.04. The fraction of sp³-hybridized carbons (Fsp3) is 0.125. The maximum atomic E-state index is 12.2. The van der Waals surface area contributed by atoms with E-state index in [1.807, 2.05) is 72.8 Å². The second-order valence-corrected chi connectivity index (χ2v) is 7.23. The smallest absolute Gasteiger partial charge is 0.257 e. The highest BCUT2D eigenvalue weighted by atomic mass is 35.5. The summed E-state index contributed by atoms with van der Waals surface area (Å²) in [6, 6.07) is 24.3. The van der Waals surface area contributed by atoms with E-state index in [1.165, 1.54) is 0 Å². The SMILES string of the molecule is O=C(COc1ccccc1-c1nnc(-c2ccccc2)o1)NCCc1ccc(Cl)cc1. The van der Waals surface area contributed by atoms with Gasteiger partial charge in [0, 0.05) is 17.1 Å². The fourth-order valence-corrected chi connectivity index (χ4v) is 3.12. The van der Waals surface area contributed by atoms with Crippen LogP contribution in [-0.2, 0) is 11.2 Å². The lowest BCUT2D eigenvalue weighted by molar-refractivity contribution is -0.123. The molecule has 1 heterocycles. The van der Waals surface area contributed by atoms with Gasteiger partial charge in [-0.3, -0.25) is 4.79 Å². The van der Waals surface area contributed by atoms with Gasteiger partial charge in [-0.1, -0.05) is 54.1 Å². The van der Waals surface area contributed by atoms with Gasteiger partial charge in [0.15, 0.2) is 6.61 Å². The molecule has 156 valence electrons. The molecule has 0 fully saturated rings. The van der Waals surface area contributed by atoms with E-state index in [0.29, 0.717) is 41.1 Å². The fourth-order valence-electron chi connectivity index (χ4n) is 2.99. The molecular weight excluding hydrogens is 414 g/mol. The minimum Gasteiger partial charge on any atom is -0.483 e. The van der Waals surface area contributed by atoms with Crippen molar-refractivity contribution < 1.29 is 13.9 Å². The number of ether oxygens (including phenoxy) is 1. The lowest BCUT2D eigenvalue weighted by atomic mass is 10.1. The topological polar surface area (TPSA) is 77.2 Å². The lowest BCUT2D eigenvalue weighted by Gasteiger charge is -2.10. The maximum Gasteiger partial charge on any atom is 0.257 e. The predicted octanol–water partition coefficient (Wildman–Crippen LogP) is 4.79. The van der Waals surface area contributed by atoms with E-state index in [4.69, 9.17) is 20.8 Å². The first kappa shape index (κ1) is 20.6. The van der Waals surface area contributed by atoms with Crippen molar-refractivity contribution in [3.63, 3.8) is 0 Å². The maximum absolute atomic E-state index is 12.2. The number of aromatic nitrogens is 2. The summed E-state index contributed by atoms with van der Waals surface area (Å²) < 4.78 is 11.5. The molecule has 0 aliphatic rings. The number of rotatable bonds is 8. The van der Waals surface area contributed by atoms with E-state index in [2.05, 4.69) is 15.5 Å². The Hall–Kier alpha value is -3.64. The Morgan fingerprint density at radius 2 is 1.61 bits per heavy atom. The van der Waals surface area contributed by atoms with Crippen molar-refractivity contribution in [3.05, 3.63) is 89.4 Å². The average Bonchev–Trinajstić information content (AvgIpc) is 3.30. The van der Waals surface area contributed by atoms with Crippen molar-refractivity contribution in [2.75, 3.05) is 13.2 Å². The van der Waals surface area contributed by atoms with Crippen LogP contribution in [0.15, 0.2) is 83.3 Å². The Balaban J connectivity index is 1.35. The number of hydrogen-bond donors (Lipinski definition) is 1. The monoisotopic (exact) mass is 433 g/mol. The molecule has 0 unspecified atom stereocenters. The molecule has 31 heavy (non-hydrogen) atoms.